The Morgan fingerprint density at radius 2 is 1.81 bits per heavy atom. The van der Waals surface area contributed by atoms with E-state index in [9.17, 15) is 9.18 Å². The molecule has 0 saturated carbocycles. The van der Waals surface area contributed by atoms with Crippen molar-refractivity contribution in [3.63, 3.8) is 0 Å². The predicted molar refractivity (Wildman–Crippen MR) is 96.2 cm³/mol. The molecular formula is C21H22FNO3. The number of ether oxygens (including phenoxy) is 2. The number of halogens is 1. The largest absolute Gasteiger partial charge is 0.462 e. The zero-order valence-corrected chi connectivity index (χ0v) is 15.0. The molecule has 26 heavy (non-hydrogen) atoms. The van der Waals surface area contributed by atoms with Crippen molar-refractivity contribution in [1.29, 1.82) is 0 Å². The molecule has 1 fully saturated rings. The number of hydrogen-bond donors (Lipinski definition) is 0. The summed E-state index contributed by atoms with van der Waals surface area (Å²) in [4.78, 5) is 13.3. The normalized spacial score (nSPS) is 18.3. The van der Waals surface area contributed by atoms with Gasteiger partial charge in [-0.05, 0) is 41.8 Å². The summed E-state index contributed by atoms with van der Waals surface area (Å²) < 4.78 is 26.1. The number of likely N-dealkylation sites (tertiary alicyclic amines) is 1. The van der Waals surface area contributed by atoms with Crippen LogP contribution in [-0.2, 0) is 16.1 Å². The highest BCUT2D eigenvalue weighted by Crippen LogP contribution is 2.39. The van der Waals surface area contributed by atoms with Crippen molar-refractivity contribution in [3.8, 4) is 16.9 Å². The molecule has 0 N–H and O–H groups in total. The second kappa shape index (κ2) is 6.40. The number of aryl methyl sites for hydroxylation is 1. The number of benzene rings is 2. The highest BCUT2D eigenvalue weighted by Gasteiger charge is 2.41. The number of amides is 1. The molecule has 0 bridgehead atoms. The van der Waals surface area contributed by atoms with Gasteiger partial charge in [0.15, 0.2) is 0 Å². The Bertz CT molecular complexity index is 856. The molecule has 136 valence electrons. The maximum absolute atomic E-state index is 13.9. The second-order valence-electron chi connectivity index (χ2n) is 7.09. The molecule has 1 amide bonds. The van der Waals surface area contributed by atoms with Gasteiger partial charge in [-0.3, -0.25) is 4.79 Å². The summed E-state index contributed by atoms with van der Waals surface area (Å²) in [7, 11) is 0. The number of fused-ring (bicyclic) bond motifs is 1. The summed E-state index contributed by atoms with van der Waals surface area (Å²) in [6.45, 7) is 5.09. The Morgan fingerprint density at radius 3 is 2.50 bits per heavy atom. The second-order valence-corrected chi connectivity index (χ2v) is 7.09. The summed E-state index contributed by atoms with van der Waals surface area (Å²) in [5, 5.41) is 0. The van der Waals surface area contributed by atoms with Crippen LogP contribution in [0.3, 0.4) is 0 Å². The van der Waals surface area contributed by atoms with Crippen LogP contribution in [0.15, 0.2) is 36.4 Å². The lowest BCUT2D eigenvalue weighted by molar-refractivity contribution is -0.227. The Hall–Kier alpha value is -2.40. The van der Waals surface area contributed by atoms with Crippen molar-refractivity contribution in [3.05, 3.63) is 53.3 Å². The van der Waals surface area contributed by atoms with E-state index in [0.29, 0.717) is 38.1 Å². The number of rotatable bonds is 1. The summed E-state index contributed by atoms with van der Waals surface area (Å²) >= 11 is 0. The van der Waals surface area contributed by atoms with Crippen LogP contribution < -0.4 is 4.74 Å². The minimum absolute atomic E-state index is 0.0889. The first-order valence-electron chi connectivity index (χ1n) is 8.94. The van der Waals surface area contributed by atoms with E-state index in [1.807, 2.05) is 29.2 Å². The highest BCUT2D eigenvalue weighted by atomic mass is 19.1. The number of nitrogens with zero attached hydrogens (tertiary/aromatic N) is 1. The first kappa shape index (κ1) is 17.0. The minimum atomic E-state index is -0.642. The molecule has 0 radical (unpaired) electrons. The summed E-state index contributed by atoms with van der Waals surface area (Å²) in [6, 6.07) is 11.1. The molecule has 4 nitrogen and oxygen atoms in total. The van der Waals surface area contributed by atoms with E-state index >= 15 is 0 Å². The standard InChI is InChI=1S/C21H22FNO3/c1-14-3-4-17(12-19(14)22)16-5-6-20-18(11-16)13-25-21(26-20)7-9-23(10-8-21)15(2)24/h3-6,11-12H,7-10,13H2,1-2H3. The Balaban J connectivity index is 1.54. The van der Waals surface area contributed by atoms with Crippen molar-refractivity contribution in [2.24, 2.45) is 0 Å². The lowest BCUT2D eigenvalue weighted by Gasteiger charge is -2.43. The third kappa shape index (κ3) is 3.07. The van der Waals surface area contributed by atoms with E-state index in [2.05, 4.69) is 0 Å². The van der Waals surface area contributed by atoms with Crippen LogP contribution in [0.4, 0.5) is 4.39 Å². The van der Waals surface area contributed by atoms with Gasteiger partial charge in [0.2, 0.25) is 11.7 Å². The van der Waals surface area contributed by atoms with E-state index in [4.69, 9.17) is 9.47 Å². The molecule has 1 spiro atoms. The zero-order valence-electron chi connectivity index (χ0n) is 15.0. The van der Waals surface area contributed by atoms with Crippen LogP contribution in [0, 0.1) is 12.7 Å². The maximum Gasteiger partial charge on any atom is 0.219 e. The fourth-order valence-corrected chi connectivity index (χ4v) is 3.59. The summed E-state index contributed by atoms with van der Waals surface area (Å²) in [6.07, 6.45) is 1.33. The van der Waals surface area contributed by atoms with Crippen LogP contribution in [-0.4, -0.2) is 29.7 Å². The van der Waals surface area contributed by atoms with Crippen molar-refractivity contribution in [2.45, 2.75) is 39.1 Å². The zero-order chi connectivity index (χ0) is 18.3. The van der Waals surface area contributed by atoms with Gasteiger partial charge in [0, 0.05) is 38.4 Å². The van der Waals surface area contributed by atoms with Gasteiger partial charge in [-0.15, -0.1) is 0 Å². The number of hydrogen-bond acceptors (Lipinski definition) is 3. The molecule has 1 saturated heterocycles. The molecule has 2 aliphatic rings. The minimum Gasteiger partial charge on any atom is -0.462 e. The molecule has 0 unspecified atom stereocenters. The van der Waals surface area contributed by atoms with Crippen LogP contribution in [0.2, 0.25) is 0 Å². The number of piperidine rings is 1. The van der Waals surface area contributed by atoms with Crippen LogP contribution in [0.25, 0.3) is 11.1 Å². The van der Waals surface area contributed by atoms with Gasteiger partial charge in [-0.1, -0.05) is 18.2 Å². The van der Waals surface area contributed by atoms with E-state index in [-0.39, 0.29) is 11.7 Å². The van der Waals surface area contributed by atoms with Gasteiger partial charge < -0.3 is 14.4 Å². The van der Waals surface area contributed by atoms with Crippen molar-refractivity contribution in [2.75, 3.05) is 13.1 Å². The van der Waals surface area contributed by atoms with Gasteiger partial charge in [-0.25, -0.2) is 4.39 Å². The van der Waals surface area contributed by atoms with E-state index < -0.39 is 5.79 Å². The molecule has 0 aliphatic carbocycles. The van der Waals surface area contributed by atoms with E-state index in [0.717, 1.165) is 22.4 Å². The van der Waals surface area contributed by atoms with Crippen LogP contribution in [0.5, 0.6) is 5.75 Å². The quantitative estimate of drug-likeness (QED) is 0.775. The Morgan fingerprint density at radius 1 is 1.12 bits per heavy atom. The average Bonchev–Trinajstić information content (AvgIpc) is 2.64. The van der Waals surface area contributed by atoms with Gasteiger partial charge in [0.1, 0.15) is 11.6 Å². The predicted octanol–water partition coefficient (Wildman–Crippen LogP) is 4.05. The molecule has 2 heterocycles. The van der Waals surface area contributed by atoms with Crippen molar-refractivity contribution in [1.82, 2.24) is 4.90 Å². The molecule has 5 heteroatoms. The molecule has 2 aromatic rings. The first-order chi connectivity index (χ1) is 12.5. The van der Waals surface area contributed by atoms with Gasteiger partial charge in [-0.2, -0.15) is 0 Å². The SMILES string of the molecule is CC(=O)N1CCC2(CC1)OCc1cc(-c3ccc(C)c(F)c3)ccc1O2. The molecular weight excluding hydrogens is 333 g/mol. The van der Waals surface area contributed by atoms with Gasteiger partial charge >= 0.3 is 0 Å². The number of carbonyl (C=O) groups is 1. The molecule has 2 aromatic carbocycles. The van der Waals surface area contributed by atoms with Gasteiger partial charge in [0.25, 0.3) is 0 Å². The highest BCUT2D eigenvalue weighted by molar-refractivity contribution is 5.73. The fourth-order valence-electron chi connectivity index (χ4n) is 3.59. The van der Waals surface area contributed by atoms with Gasteiger partial charge in [0.05, 0.1) is 6.61 Å². The lowest BCUT2D eigenvalue weighted by atomic mass is 9.98. The maximum atomic E-state index is 13.9. The number of carbonyl (C=O) groups excluding carboxylic acids is 1. The third-order valence-corrected chi connectivity index (χ3v) is 5.32. The summed E-state index contributed by atoms with van der Waals surface area (Å²) in [5.74, 6) is 0.0509. The fraction of sp³-hybridized carbons (Fsp3) is 0.381. The monoisotopic (exact) mass is 355 g/mol. The van der Waals surface area contributed by atoms with E-state index in [1.54, 1.807) is 26.0 Å². The molecule has 2 aliphatic heterocycles. The van der Waals surface area contributed by atoms with Crippen molar-refractivity contribution >= 4 is 5.91 Å². The molecule has 4 rings (SSSR count). The molecule has 0 atom stereocenters. The van der Waals surface area contributed by atoms with E-state index in [1.165, 1.54) is 0 Å². The topological polar surface area (TPSA) is 38.8 Å². The molecule has 0 aromatic heterocycles. The first-order valence-corrected chi connectivity index (χ1v) is 8.94. The lowest BCUT2D eigenvalue weighted by Crippen LogP contribution is -2.52. The Kier molecular flexibility index (Phi) is 4.19. The van der Waals surface area contributed by atoms with Crippen molar-refractivity contribution < 1.29 is 18.7 Å². The van der Waals surface area contributed by atoms with Crippen LogP contribution in [0.1, 0.15) is 30.9 Å². The van der Waals surface area contributed by atoms with Crippen LogP contribution >= 0.6 is 0 Å². The summed E-state index contributed by atoms with van der Waals surface area (Å²) in [5.41, 5.74) is 3.38. The average molecular weight is 355 g/mol. The smallest absolute Gasteiger partial charge is 0.219 e. The third-order valence-electron chi connectivity index (χ3n) is 5.32. The Labute approximate surface area is 152 Å².